The summed E-state index contributed by atoms with van der Waals surface area (Å²) in [5, 5.41) is 0. The van der Waals surface area contributed by atoms with Crippen molar-refractivity contribution in [1.29, 1.82) is 0 Å². The first-order valence-electron chi connectivity index (χ1n) is 12.0. The summed E-state index contributed by atoms with van der Waals surface area (Å²) in [5.41, 5.74) is 4.70. The molecule has 34 heavy (non-hydrogen) atoms. The third-order valence-corrected chi connectivity index (χ3v) is 6.78. The number of methoxy groups -OCH3 is 1. The standard InChI is InChI=1S/C27H32N4O3/c1-4-13-34-26-16-24-23(15-25(26)33-3)27(32)31-18-20(14-22(31)17-28-24)19-5-7-21(8-6-19)30-11-9-29(2)10-12-30/h5-8,15-18,22H,4,9-14H2,1-3H3/t22-/m0/s1. The molecule has 0 bridgehead atoms. The summed E-state index contributed by atoms with van der Waals surface area (Å²) in [4.78, 5) is 24.7. The van der Waals surface area contributed by atoms with Crippen LogP contribution in [0.2, 0.25) is 0 Å². The number of amides is 1. The van der Waals surface area contributed by atoms with Gasteiger partial charge in [0.2, 0.25) is 0 Å². The Kier molecular flexibility index (Phi) is 6.28. The Morgan fingerprint density at radius 2 is 1.82 bits per heavy atom. The molecule has 1 fully saturated rings. The smallest absolute Gasteiger partial charge is 0.260 e. The van der Waals surface area contributed by atoms with Gasteiger partial charge in [-0.3, -0.25) is 9.79 Å². The summed E-state index contributed by atoms with van der Waals surface area (Å²) in [6.07, 6.45) is 5.49. The van der Waals surface area contributed by atoms with Gasteiger partial charge in [-0.05, 0) is 42.8 Å². The van der Waals surface area contributed by atoms with Crippen LogP contribution in [-0.4, -0.2) is 74.9 Å². The summed E-state index contributed by atoms with van der Waals surface area (Å²) < 4.78 is 11.3. The number of piperazine rings is 1. The van der Waals surface area contributed by atoms with E-state index in [1.165, 1.54) is 5.69 Å². The average Bonchev–Trinajstić information content (AvgIpc) is 3.25. The van der Waals surface area contributed by atoms with Gasteiger partial charge in [-0.25, -0.2) is 0 Å². The second-order valence-electron chi connectivity index (χ2n) is 9.12. The highest BCUT2D eigenvalue weighted by Crippen LogP contribution is 2.40. The van der Waals surface area contributed by atoms with Gasteiger partial charge in [0.25, 0.3) is 5.91 Å². The highest BCUT2D eigenvalue weighted by atomic mass is 16.5. The van der Waals surface area contributed by atoms with Crippen molar-refractivity contribution < 1.29 is 14.3 Å². The summed E-state index contributed by atoms with van der Waals surface area (Å²) in [7, 11) is 3.76. The SMILES string of the molecule is CCCOc1cc2c(cc1OC)C(=O)N1C=C(c3ccc(N4CCN(C)CC4)cc3)C[C@H]1C=N2. The number of hydrogen-bond donors (Lipinski definition) is 0. The van der Waals surface area contributed by atoms with Crippen molar-refractivity contribution in [3.05, 3.63) is 53.7 Å². The van der Waals surface area contributed by atoms with Crippen LogP contribution >= 0.6 is 0 Å². The summed E-state index contributed by atoms with van der Waals surface area (Å²) in [6.45, 7) is 6.91. The molecule has 3 heterocycles. The van der Waals surface area contributed by atoms with Crippen molar-refractivity contribution in [1.82, 2.24) is 9.80 Å². The quantitative estimate of drug-likeness (QED) is 0.647. The van der Waals surface area contributed by atoms with Crippen LogP contribution in [0.5, 0.6) is 11.5 Å². The molecule has 0 unspecified atom stereocenters. The number of carbonyl (C=O) groups excluding carboxylic acids is 1. The maximum absolute atomic E-state index is 13.5. The van der Waals surface area contributed by atoms with Gasteiger partial charge < -0.3 is 24.2 Å². The molecule has 1 saturated heterocycles. The van der Waals surface area contributed by atoms with E-state index in [-0.39, 0.29) is 11.9 Å². The largest absolute Gasteiger partial charge is 0.493 e. The van der Waals surface area contributed by atoms with Crippen molar-refractivity contribution in [2.45, 2.75) is 25.8 Å². The molecule has 178 valence electrons. The van der Waals surface area contributed by atoms with E-state index in [9.17, 15) is 4.79 Å². The van der Waals surface area contributed by atoms with Gasteiger partial charge in [-0.2, -0.15) is 0 Å². The minimum absolute atomic E-state index is 0.0677. The van der Waals surface area contributed by atoms with Crippen molar-refractivity contribution >= 4 is 29.1 Å². The Bertz CT molecular complexity index is 1120. The lowest BCUT2D eigenvalue weighted by molar-refractivity contribution is 0.0817. The van der Waals surface area contributed by atoms with Gasteiger partial charge in [0.05, 0.1) is 31.0 Å². The molecule has 1 atom stereocenters. The van der Waals surface area contributed by atoms with Crippen molar-refractivity contribution in [2.24, 2.45) is 4.99 Å². The minimum Gasteiger partial charge on any atom is -0.493 e. The Morgan fingerprint density at radius 3 is 2.53 bits per heavy atom. The van der Waals surface area contributed by atoms with E-state index in [4.69, 9.17) is 9.47 Å². The van der Waals surface area contributed by atoms with Crippen molar-refractivity contribution in [2.75, 3.05) is 51.8 Å². The number of aliphatic imine (C=N–C) groups is 1. The van der Waals surface area contributed by atoms with E-state index in [2.05, 4.69) is 53.0 Å². The van der Waals surface area contributed by atoms with E-state index in [1.807, 2.05) is 18.5 Å². The van der Waals surface area contributed by atoms with Crippen LogP contribution in [0.1, 0.15) is 35.7 Å². The second-order valence-corrected chi connectivity index (χ2v) is 9.12. The number of nitrogens with zero attached hydrogens (tertiary/aromatic N) is 4. The number of benzene rings is 2. The van der Waals surface area contributed by atoms with Crippen molar-refractivity contribution in [3.63, 3.8) is 0 Å². The van der Waals surface area contributed by atoms with E-state index in [0.717, 1.165) is 50.2 Å². The maximum atomic E-state index is 13.5. The number of carbonyl (C=O) groups is 1. The zero-order chi connectivity index (χ0) is 23.7. The molecule has 0 N–H and O–H groups in total. The fourth-order valence-corrected chi connectivity index (χ4v) is 4.73. The van der Waals surface area contributed by atoms with Crippen LogP contribution in [0.4, 0.5) is 11.4 Å². The van der Waals surface area contributed by atoms with E-state index < -0.39 is 0 Å². The molecule has 1 amide bonds. The van der Waals surface area contributed by atoms with Gasteiger partial charge in [-0.15, -0.1) is 0 Å². The molecule has 3 aliphatic rings. The molecule has 3 aliphatic heterocycles. The van der Waals surface area contributed by atoms with Crippen LogP contribution in [0.3, 0.4) is 0 Å². The Balaban J connectivity index is 1.37. The number of likely N-dealkylation sites (N-methyl/N-ethyl adjacent to an activating group) is 1. The molecule has 0 aromatic heterocycles. The molecule has 2 aromatic rings. The van der Waals surface area contributed by atoms with Gasteiger partial charge in [0, 0.05) is 56.8 Å². The molecule has 0 saturated carbocycles. The highest BCUT2D eigenvalue weighted by molar-refractivity contribution is 6.05. The Morgan fingerprint density at radius 1 is 1.06 bits per heavy atom. The first kappa shape index (κ1) is 22.5. The number of hydrogen-bond acceptors (Lipinski definition) is 6. The summed E-state index contributed by atoms with van der Waals surface area (Å²) >= 11 is 0. The number of anilines is 1. The van der Waals surface area contributed by atoms with E-state index in [1.54, 1.807) is 18.1 Å². The molecule has 0 spiro atoms. The first-order valence-corrected chi connectivity index (χ1v) is 12.0. The lowest BCUT2D eigenvalue weighted by Crippen LogP contribution is -2.44. The molecular weight excluding hydrogens is 428 g/mol. The van der Waals surface area contributed by atoms with Crippen molar-refractivity contribution in [3.8, 4) is 11.5 Å². The number of ether oxygens (including phenoxy) is 2. The predicted molar refractivity (Wildman–Crippen MR) is 136 cm³/mol. The van der Waals surface area contributed by atoms with Crippen LogP contribution in [-0.2, 0) is 0 Å². The lowest BCUT2D eigenvalue weighted by atomic mass is 10.0. The monoisotopic (exact) mass is 460 g/mol. The lowest BCUT2D eigenvalue weighted by Gasteiger charge is -2.34. The van der Waals surface area contributed by atoms with E-state index >= 15 is 0 Å². The van der Waals surface area contributed by atoms with Crippen LogP contribution in [0.25, 0.3) is 5.57 Å². The molecule has 7 nitrogen and oxygen atoms in total. The van der Waals surface area contributed by atoms with Crippen LogP contribution in [0, 0.1) is 0 Å². The van der Waals surface area contributed by atoms with Gasteiger partial charge in [-0.1, -0.05) is 19.1 Å². The molecular formula is C27H32N4O3. The summed E-state index contributed by atoms with van der Waals surface area (Å²) in [5.74, 6) is 1.10. The zero-order valence-corrected chi connectivity index (χ0v) is 20.2. The molecule has 0 radical (unpaired) electrons. The van der Waals surface area contributed by atoms with E-state index in [0.29, 0.717) is 29.4 Å². The Hall–Kier alpha value is -3.32. The molecule has 7 heteroatoms. The first-order chi connectivity index (χ1) is 16.6. The Labute approximate surface area is 201 Å². The predicted octanol–water partition coefficient (Wildman–Crippen LogP) is 4.21. The average molecular weight is 461 g/mol. The van der Waals surface area contributed by atoms with Gasteiger partial charge >= 0.3 is 0 Å². The minimum atomic E-state index is -0.0989. The number of rotatable bonds is 6. The zero-order valence-electron chi connectivity index (χ0n) is 20.2. The highest BCUT2D eigenvalue weighted by Gasteiger charge is 2.33. The molecule has 0 aliphatic carbocycles. The maximum Gasteiger partial charge on any atom is 0.260 e. The normalized spacial score (nSPS) is 20.0. The summed E-state index contributed by atoms with van der Waals surface area (Å²) in [6, 6.07) is 12.2. The third-order valence-electron chi connectivity index (χ3n) is 6.78. The van der Waals surface area contributed by atoms with Gasteiger partial charge in [0.15, 0.2) is 11.5 Å². The van der Waals surface area contributed by atoms with Crippen LogP contribution in [0.15, 0.2) is 47.6 Å². The molecule has 5 rings (SSSR count). The second kappa shape index (κ2) is 9.50. The fourth-order valence-electron chi connectivity index (χ4n) is 4.73. The van der Waals surface area contributed by atoms with Crippen LogP contribution < -0.4 is 14.4 Å². The molecule has 2 aromatic carbocycles. The number of fused-ring (bicyclic) bond motifs is 2. The fraction of sp³-hybridized carbons (Fsp3) is 0.407. The topological polar surface area (TPSA) is 57.6 Å². The van der Waals surface area contributed by atoms with Gasteiger partial charge in [0.1, 0.15) is 0 Å². The third kappa shape index (κ3) is 4.28.